The van der Waals surface area contributed by atoms with Crippen molar-refractivity contribution in [3.8, 4) is 0 Å². The summed E-state index contributed by atoms with van der Waals surface area (Å²) < 4.78 is 12.1. The van der Waals surface area contributed by atoms with Crippen LogP contribution in [0.25, 0.3) is 0 Å². The Morgan fingerprint density at radius 3 is 2.65 bits per heavy atom. The molecule has 0 bridgehead atoms. The van der Waals surface area contributed by atoms with Crippen LogP contribution in [0.2, 0.25) is 0 Å². The molecule has 186 valence electrons. The highest BCUT2D eigenvalue weighted by Gasteiger charge is 2.77. The summed E-state index contributed by atoms with van der Waals surface area (Å²) in [5.74, 6) is 1.20. The van der Waals surface area contributed by atoms with Crippen molar-refractivity contribution < 1.29 is 29.3 Å². The van der Waals surface area contributed by atoms with Gasteiger partial charge in [0.05, 0.1) is 23.7 Å². The predicted octanol–water partition coefficient (Wildman–Crippen LogP) is 3.35. The smallest absolute Gasteiger partial charge is 0.336 e. The van der Waals surface area contributed by atoms with E-state index in [4.69, 9.17) is 9.47 Å². The lowest BCUT2D eigenvalue weighted by atomic mass is 9.43. The molecule has 4 aliphatic carbocycles. The maximum Gasteiger partial charge on any atom is 0.336 e. The Kier molecular flexibility index (Phi) is 4.90. The van der Waals surface area contributed by atoms with Crippen molar-refractivity contribution in [3.63, 3.8) is 0 Å². The topological polar surface area (TPSA) is 96.4 Å². The van der Waals surface area contributed by atoms with Crippen LogP contribution in [0.3, 0.4) is 0 Å². The minimum atomic E-state index is -1.09. The molecule has 0 spiro atoms. The van der Waals surface area contributed by atoms with Gasteiger partial charge in [-0.05, 0) is 87.0 Å². The molecule has 11 atom stereocenters. The van der Waals surface area contributed by atoms with Gasteiger partial charge in [0.1, 0.15) is 17.8 Å². The summed E-state index contributed by atoms with van der Waals surface area (Å²) in [5, 5.41) is 21.2. The number of hydrogen-bond acceptors (Lipinski definition) is 6. The molecule has 11 unspecified atom stereocenters. The molecule has 34 heavy (non-hydrogen) atoms. The Bertz CT molecular complexity index is 999. The maximum absolute atomic E-state index is 13.3. The molecule has 0 amide bonds. The number of ether oxygens (including phenoxy) is 2. The van der Waals surface area contributed by atoms with Crippen LogP contribution < -0.4 is 0 Å². The van der Waals surface area contributed by atoms with Crippen molar-refractivity contribution in [2.24, 2.45) is 40.4 Å². The van der Waals surface area contributed by atoms with Gasteiger partial charge in [-0.2, -0.15) is 0 Å². The molecule has 0 aromatic rings. The average Bonchev–Trinajstić information content (AvgIpc) is 3.52. The zero-order valence-corrected chi connectivity index (χ0v) is 20.8. The number of esters is 1. The van der Waals surface area contributed by atoms with Gasteiger partial charge in [0.2, 0.25) is 0 Å². The molecule has 0 aromatic heterocycles. The van der Waals surface area contributed by atoms with E-state index in [0.29, 0.717) is 36.2 Å². The van der Waals surface area contributed by atoms with Crippen LogP contribution in [-0.2, 0) is 19.1 Å². The normalized spacial score (nSPS) is 52.4. The molecule has 4 fully saturated rings. The lowest BCUT2D eigenvalue weighted by molar-refractivity contribution is -0.182. The molecule has 6 rings (SSSR count). The first-order valence-electron chi connectivity index (χ1n) is 13.2. The van der Waals surface area contributed by atoms with E-state index in [-0.39, 0.29) is 53.9 Å². The molecular formula is C28H38O6. The Morgan fingerprint density at radius 1 is 1.18 bits per heavy atom. The molecule has 2 aliphatic heterocycles. The second-order valence-electron chi connectivity index (χ2n) is 12.6. The zero-order chi connectivity index (χ0) is 24.2. The van der Waals surface area contributed by atoms with Crippen LogP contribution >= 0.6 is 0 Å². The molecule has 0 radical (unpaired) electrons. The number of aliphatic hydroxyl groups is 2. The van der Waals surface area contributed by atoms with Gasteiger partial charge in [-0.15, -0.1) is 0 Å². The van der Waals surface area contributed by atoms with Crippen molar-refractivity contribution in [2.75, 3.05) is 6.61 Å². The summed E-state index contributed by atoms with van der Waals surface area (Å²) in [6.07, 6.45) is 8.46. The number of carbonyl (C=O) groups is 2. The highest BCUT2D eigenvalue weighted by Crippen LogP contribution is 2.71. The summed E-state index contributed by atoms with van der Waals surface area (Å²) in [7, 11) is 0. The van der Waals surface area contributed by atoms with Crippen LogP contribution in [0.1, 0.15) is 66.2 Å². The first kappa shape index (κ1) is 22.9. The van der Waals surface area contributed by atoms with Crippen molar-refractivity contribution in [3.05, 3.63) is 23.3 Å². The Balaban J connectivity index is 1.29. The van der Waals surface area contributed by atoms with Gasteiger partial charge in [0.15, 0.2) is 5.78 Å². The van der Waals surface area contributed by atoms with Crippen LogP contribution in [0.15, 0.2) is 23.3 Å². The molecular weight excluding hydrogens is 432 g/mol. The fourth-order valence-electron chi connectivity index (χ4n) is 9.49. The largest absolute Gasteiger partial charge is 0.458 e. The number of cyclic esters (lactones) is 1. The Hall–Kier alpha value is -1.50. The lowest BCUT2D eigenvalue weighted by Gasteiger charge is -2.60. The van der Waals surface area contributed by atoms with Gasteiger partial charge < -0.3 is 19.7 Å². The van der Waals surface area contributed by atoms with E-state index in [9.17, 15) is 19.8 Å². The molecule has 6 nitrogen and oxygen atoms in total. The highest BCUT2D eigenvalue weighted by atomic mass is 16.6. The van der Waals surface area contributed by atoms with E-state index in [0.717, 1.165) is 31.3 Å². The average molecular weight is 471 g/mol. The molecule has 6 aliphatic rings. The number of fused-ring (bicyclic) bond motifs is 8. The summed E-state index contributed by atoms with van der Waals surface area (Å²) in [6, 6.07) is 0. The van der Waals surface area contributed by atoms with Crippen molar-refractivity contribution in [2.45, 2.75) is 90.1 Å². The monoisotopic (exact) mass is 470 g/mol. The third kappa shape index (κ3) is 2.68. The molecule has 3 saturated carbocycles. The molecule has 0 aromatic carbocycles. The van der Waals surface area contributed by atoms with Crippen LogP contribution in [0.4, 0.5) is 0 Å². The number of allylic oxidation sites excluding steroid dienone is 1. The van der Waals surface area contributed by atoms with E-state index in [1.807, 2.05) is 19.9 Å². The van der Waals surface area contributed by atoms with Gasteiger partial charge >= 0.3 is 5.97 Å². The predicted molar refractivity (Wildman–Crippen MR) is 124 cm³/mol. The number of hydrogen-bond donors (Lipinski definition) is 2. The minimum Gasteiger partial charge on any atom is -0.458 e. The SMILES string of the molecule is CC1=C(CO)C(=O)OC(C(C)C2CCC3C4C5OC5C5(O)CC=CC(=O)C5(C)C4CCC23C)C1. The van der Waals surface area contributed by atoms with Crippen molar-refractivity contribution in [1.82, 2.24) is 0 Å². The zero-order valence-electron chi connectivity index (χ0n) is 20.8. The number of aliphatic hydroxyl groups excluding tert-OH is 1. The van der Waals surface area contributed by atoms with E-state index in [2.05, 4.69) is 13.8 Å². The molecule has 2 N–H and O–H groups in total. The third-order valence-corrected chi connectivity index (χ3v) is 11.5. The second-order valence-corrected chi connectivity index (χ2v) is 12.6. The molecule has 1 saturated heterocycles. The van der Waals surface area contributed by atoms with E-state index >= 15 is 0 Å². The number of ketones is 1. The standard InChI is InChI=1S/C28H38O6/c1-14-12-20(33-25(31)16(14)13-29)15(2)17-7-8-18-22-19(9-11-26(17,18)3)27(4)21(30)6-5-10-28(27,32)24-23(22)34-24/h5-6,15,17-20,22-24,29,32H,7-13H2,1-4H3. The maximum atomic E-state index is 13.3. The van der Waals surface area contributed by atoms with Gasteiger partial charge in [-0.1, -0.05) is 25.5 Å². The van der Waals surface area contributed by atoms with E-state index < -0.39 is 11.0 Å². The molecule has 2 heterocycles. The Labute approximate surface area is 201 Å². The van der Waals surface area contributed by atoms with Gasteiger partial charge in [0.25, 0.3) is 0 Å². The second kappa shape index (κ2) is 7.27. The number of epoxide rings is 1. The first-order valence-corrected chi connectivity index (χ1v) is 13.2. The number of carbonyl (C=O) groups excluding carboxylic acids is 2. The summed E-state index contributed by atoms with van der Waals surface area (Å²) >= 11 is 0. The summed E-state index contributed by atoms with van der Waals surface area (Å²) in [4.78, 5) is 25.7. The van der Waals surface area contributed by atoms with E-state index in [1.54, 1.807) is 6.08 Å². The fourth-order valence-corrected chi connectivity index (χ4v) is 9.49. The quantitative estimate of drug-likeness (QED) is 0.485. The molecule has 6 heteroatoms. The highest BCUT2D eigenvalue weighted by molar-refractivity contribution is 5.97. The summed E-state index contributed by atoms with van der Waals surface area (Å²) in [6.45, 7) is 8.31. The Morgan fingerprint density at radius 2 is 1.94 bits per heavy atom. The third-order valence-electron chi connectivity index (χ3n) is 11.5. The summed E-state index contributed by atoms with van der Waals surface area (Å²) in [5.41, 5.74) is -0.426. The van der Waals surface area contributed by atoms with Gasteiger partial charge in [0, 0.05) is 6.42 Å². The fraction of sp³-hybridized carbons (Fsp3) is 0.786. The first-order chi connectivity index (χ1) is 16.1. The van der Waals surface area contributed by atoms with E-state index in [1.165, 1.54) is 0 Å². The van der Waals surface area contributed by atoms with Crippen LogP contribution in [0.5, 0.6) is 0 Å². The van der Waals surface area contributed by atoms with Crippen LogP contribution in [-0.4, -0.2) is 52.5 Å². The number of rotatable bonds is 3. The van der Waals surface area contributed by atoms with Gasteiger partial charge in [-0.25, -0.2) is 4.79 Å². The lowest BCUT2D eigenvalue weighted by Crippen LogP contribution is -2.67. The van der Waals surface area contributed by atoms with Gasteiger partial charge in [-0.3, -0.25) is 4.79 Å². The minimum absolute atomic E-state index is 0.0471. The van der Waals surface area contributed by atoms with Crippen molar-refractivity contribution >= 4 is 11.8 Å². The van der Waals surface area contributed by atoms with Crippen LogP contribution in [0, 0.1) is 40.4 Å². The van der Waals surface area contributed by atoms with Crippen molar-refractivity contribution in [1.29, 1.82) is 0 Å².